The SMILES string of the molecule is Cc1cc2ncn(-c3cc(F)cc(CN)c3)c2cc1C. The number of nitrogens with two attached hydrogens (primary N) is 1. The Balaban J connectivity index is 2.24. The van der Waals surface area contributed by atoms with E-state index in [4.69, 9.17) is 5.73 Å². The van der Waals surface area contributed by atoms with Crippen LogP contribution in [0.3, 0.4) is 0 Å². The van der Waals surface area contributed by atoms with Crippen molar-refractivity contribution >= 4 is 11.0 Å². The Morgan fingerprint density at radius 2 is 1.85 bits per heavy atom. The predicted octanol–water partition coefficient (Wildman–Crippen LogP) is 3.24. The van der Waals surface area contributed by atoms with Crippen LogP contribution in [0.15, 0.2) is 36.7 Å². The highest BCUT2D eigenvalue weighted by Gasteiger charge is 2.08. The van der Waals surface area contributed by atoms with E-state index in [1.54, 1.807) is 6.33 Å². The summed E-state index contributed by atoms with van der Waals surface area (Å²) in [7, 11) is 0. The number of benzene rings is 2. The molecule has 0 bridgehead atoms. The van der Waals surface area contributed by atoms with Gasteiger partial charge in [0.2, 0.25) is 0 Å². The van der Waals surface area contributed by atoms with Gasteiger partial charge in [-0.15, -0.1) is 0 Å². The Kier molecular flexibility index (Phi) is 3.03. The van der Waals surface area contributed by atoms with Crippen LogP contribution in [-0.4, -0.2) is 9.55 Å². The molecule has 20 heavy (non-hydrogen) atoms. The van der Waals surface area contributed by atoms with E-state index in [1.807, 2.05) is 16.7 Å². The molecule has 1 heterocycles. The van der Waals surface area contributed by atoms with Crippen LogP contribution < -0.4 is 5.73 Å². The molecule has 3 aromatic rings. The lowest BCUT2D eigenvalue weighted by molar-refractivity contribution is 0.624. The molecular weight excluding hydrogens is 253 g/mol. The van der Waals surface area contributed by atoms with Gasteiger partial charge < -0.3 is 5.73 Å². The minimum atomic E-state index is -0.284. The molecule has 2 aromatic carbocycles. The molecule has 0 unspecified atom stereocenters. The van der Waals surface area contributed by atoms with Crippen LogP contribution in [-0.2, 0) is 6.54 Å². The summed E-state index contributed by atoms with van der Waals surface area (Å²) in [5, 5.41) is 0. The molecule has 0 aliphatic heterocycles. The Labute approximate surface area is 116 Å². The Hall–Kier alpha value is -2.20. The standard InChI is InChI=1S/C16H16FN3/c1-10-3-15-16(4-11(10)2)20(9-19-15)14-6-12(8-18)5-13(17)7-14/h3-7,9H,8,18H2,1-2H3. The minimum Gasteiger partial charge on any atom is -0.326 e. The maximum absolute atomic E-state index is 13.7. The molecule has 0 saturated carbocycles. The molecule has 102 valence electrons. The molecule has 1 aromatic heterocycles. The van der Waals surface area contributed by atoms with E-state index in [9.17, 15) is 4.39 Å². The van der Waals surface area contributed by atoms with Gasteiger partial charge in [0, 0.05) is 6.54 Å². The van der Waals surface area contributed by atoms with E-state index >= 15 is 0 Å². The first-order valence-electron chi connectivity index (χ1n) is 6.52. The zero-order valence-corrected chi connectivity index (χ0v) is 11.5. The second-order valence-corrected chi connectivity index (χ2v) is 5.06. The second-order valence-electron chi connectivity index (χ2n) is 5.06. The van der Waals surface area contributed by atoms with Crippen LogP contribution in [0.5, 0.6) is 0 Å². The number of fused-ring (bicyclic) bond motifs is 1. The van der Waals surface area contributed by atoms with E-state index in [2.05, 4.69) is 24.9 Å². The minimum absolute atomic E-state index is 0.284. The third kappa shape index (κ3) is 2.08. The molecule has 0 saturated heterocycles. The first-order chi connectivity index (χ1) is 9.58. The van der Waals surface area contributed by atoms with Gasteiger partial charge in [-0.1, -0.05) is 0 Å². The maximum Gasteiger partial charge on any atom is 0.125 e. The van der Waals surface area contributed by atoms with Crippen molar-refractivity contribution in [3.8, 4) is 5.69 Å². The number of hydrogen-bond acceptors (Lipinski definition) is 2. The van der Waals surface area contributed by atoms with Crippen molar-refractivity contribution in [2.24, 2.45) is 5.73 Å². The molecule has 4 heteroatoms. The van der Waals surface area contributed by atoms with Crippen LogP contribution >= 0.6 is 0 Å². The highest BCUT2D eigenvalue weighted by Crippen LogP contribution is 2.23. The summed E-state index contributed by atoms with van der Waals surface area (Å²) >= 11 is 0. The summed E-state index contributed by atoms with van der Waals surface area (Å²) in [4.78, 5) is 4.39. The average Bonchev–Trinajstić information content (AvgIpc) is 2.81. The van der Waals surface area contributed by atoms with E-state index in [1.165, 1.54) is 23.3 Å². The summed E-state index contributed by atoms with van der Waals surface area (Å²) in [6, 6.07) is 8.96. The molecule has 2 N–H and O–H groups in total. The zero-order valence-electron chi connectivity index (χ0n) is 11.5. The molecule has 0 aliphatic carbocycles. The Bertz CT molecular complexity index is 790. The zero-order chi connectivity index (χ0) is 14.3. The maximum atomic E-state index is 13.7. The topological polar surface area (TPSA) is 43.8 Å². The number of nitrogens with zero attached hydrogens (tertiary/aromatic N) is 2. The molecule has 3 nitrogen and oxygen atoms in total. The normalized spacial score (nSPS) is 11.2. The van der Waals surface area contributed by atoms with Gasteiger partial charge in [-0.2, -0.15) is 0 Å². The number of halogens is 1. The lowest BCUT2D eigenvalue weighted by Gasteiger charge is -2.08. The number of aromatic nitrogens is 2. The average molecular weight is 269 g/mol. The van der Waals surface area contributed by atoms with Gasteiger partial charge in [0.25, 0.3) is 0 Å². The van der Waals surface area contributed by atoms with Gasteiger partial charge in [0.15, 0.2) is 0 Å². The van der Waals surface area contributed by atoms with E-state index in [0.717, 1.165) is 22.3 Å². The van der Waals surface area contributed by atoms with E-state index in [-0.39, 0.29) is 5.82 Å². The number of rotatable bonds is 2. The van der Waals surface area contributed by atoms with Crippen LogP contribution in [0.2, 0.25) is 0 Å². The van der Waals surface area contributed by atoms with Crippen molar-refractivity contribution in [2.75, 3.05) is 0 Å². The highest BCUT2D eigenvalue weighted by atomic mass is 19.1. The van der Waals surface area contributed by atoms with Crippen molar-refractivity contribution in [2.45, 2.75) is 20.4 Å². The fourth-order valence-electron chi connectivity index (χ4n) is 2.36. The molecule has 0 fully saturated rings. The van der Waals surface area contributed by atoms with Crippen molar-refractivity contribution in [1.29, 1.82) is 0 Å². The lowest BCUT2D eigenvalue weighted by Crippen LogP contribution is -2.00. The fraction of sp³-hybridized carbons (Fsp3) is 0.188. The van der Waals surface area contributed by atoms with Gasteiger partial charge in [-0.25, -0.2) is 9.37 Å². The molecule has 3 rings (SSSR count). The highest BCUT2D eigenvalue weighted by molar-refractivity contribution is 5.79. The molecule has 0 spiro atoms. The van der Waals surface area contributed by atoms with Crippen molar-refractivity contribution in [3.63, 3.8) is 0 Å². The predicted molar refractivity (Wildman–Crippen MR) is 78.4 cm³/mol. The summed E-state index contributed by atoms with van der Waals surface area (Å²) in [6.07, 6.45) is 1.72. The van der Waals surface area contributed by atoms with Gasteiger partial charge in [0.1, 0.15) is 12.1 Å². The first-order valence-corrected chi connectivity index (χ1v) is 6.52. The number of hydrogen-bond donors (Lipinski definition) is 1. The van der Waals surface area contributed by atoms with Crippen molar-refractivity contribution in [3.05, 3.63) is 59.2 Å². The number of imidazole rings is 1. The third-order valence-corrected chi connectivity index (χ3v) is 3.62. The van der Waals surface area contributed by atoms with Crippen molar-refractivity contribution in [1.82, 2.24) is 9.55 Å². The third-order valence-electron chi connectivity index (χ3n) is 3.62. The molecule has 0 aliphatic rings. The van der Waals surface area contributed by atoms with Crippen LogP contribution in [0.1, 0.15) is 16.7 Å². The lowest BCUT2D eigenvalue weighted by atomic mass is 10.1. The van der Waals surface area contributed by atoms with Crippen LogP contribution in [0.4, 0.5) is 4.39 Å². The van der Waals surface area contributed by atoms with Gasteiger partial charge in [-0.05, 0) is 60.9 Å². The van der Waals surface area contributed by atoms with Crippen LogP contribution in [0.25, 0.3) is 16.7 Å². The largest absolute Gasteiger partial charge is 0.326 e. The van der Waals surface area contributed by atoms with Gasteiger partial charge in [0.05, 0.1) is 16.7 Å². The van der Waals surface area contributed by atoms with Crippen LogP contribution in [0, 0.1) is 19.7 Å². The Morgan fingerprint density at radius 3 is 2.60 bits per heavy atom. The molecular formula is C16H16FN3. The van der Waals surface area contributed by atoms with Crippen molar-refractivity contribution < 1.29 is 4.39 Å². The van der Waals surface area contributed by atoms with E-state index in [0.29, 0.717) is 6.54 Å². The smallest absolute Gasteiger partial charge is 0.125 e. The second kappa shape index (κ2) is 4.72. The van der Waals surface area contributed by atoms with Gasteiger partial charge >= 0.3 is 0 Å². The summed E-state index contributed by atoms with van der Waals surface area (Å²) in [6.45, 7) is 4.43. The first kappa shape index (κ1) is 12.8. The monoisotopic (exact) mass is 269 g/mol. The summed E-state index contributed by atoms with van der Waals surface area (Å²) in [5.41, 5.74) is 11.4. The Morgan fingerprint density at radius 1 is 1.10 bits per heavy atom. The molecule has 0 radical (unpaired) electrons. The number of aryl methyl sites for hydroxylation is 2. The summed E-state index contributed by atoms with van der Waals surface area (Å²) < 4.78 is 15.6. The fourth-order valence-corrected chi connectivity index (χ4v) is 2.36. The molecule has 0 amide bonds. The summed E-state index contributed by atoms with van der Waals surface area (Å²) in [5.74, 6) is -0.284. The molecule has 0 atom stereocenters. The quantitative estimate of drug-likeness (QED) is 0.776. The van der Waals surface area contributed by atoms with Gasteiger partial charge in [-0.3, -0.25) is 4.57 Å². The van der Waals surface area contributed by atoms with E-state index < -0.39 is 0 Å².